The summed E-state index contributed by atoms with van der Waals surface area (Å²) in [6.45, 7) is 5.73. The number of nitrogens with zero attached hydrogens (tertiary/aromatic N) is 5. The first-order valence-corrected chi connectivity index (χ1v) is 8.81. The first kappa shape index (κ1) is 18.2. The Morgan fingerprint density at radius 2 is 2.04 bits per heavy atom. The summed E-state index contributed by atoms with van der Waals surface area (Å²) < 4.78 is 17.7. The van der Waals surface area contributed by atoms with Crippen molar-refractivity contribution in [2.24, 2.45) is 0 Å². The lowest BCUT2D eigenvalue weighted by Crippen LogP contribution is -2.26. The molecule has 0 aliphatic heterocycles. The summed E-state index contributed by atoms with van der Waals surface area (Å²) in [5, 5.41) is 11.2. The van der Waals surface area contributed by atoms with Crippen LogP contribution in [0.2, 0.25) is 0 Å². The number of anilines is 1. The minimum Gasteiger partial charge on any atom is -0.291 e. The fourth-order valence-corrected chi connectivity index (χ4v) is 2.84. The molecule has 0 saturated carbocycles. The predicted octanol–water partition coefficient (Wildman–Crippen LogP) is 3.24. The molecule has 0 saturated heterocycles. The predicted molar refractivity (Wildman–Crippen MR) is 98.3 cm³/mol. The molecule has 1 unspecified atom stereocenters. The van der Waals surface area contributed by atoms with Crippen molar-refractivity contribution in [1.82, 2.24) is 24.5 Å². The molecule has 0 bridgehead atoms. The largest absolute Gasteiger partial charge is 0.291 e. The summed E-state index contributed by atoms with van der Waals surface area (Å²) in [4.78, 5) is 16.5. The highest BCUT2D eigenvalue weighted by molar-refractivity contribution is 9.10. The standard InChI is InChI=1S/C17H18BrFN6O/c1-10-15(18)11(2)25(22-10)12(3)16(26)21-17-20-9-24(23-17)8-13-6-4-5-7-14(13)19/h4-7,9,12H,8H2,1-3H3,(H,21,23,26). The van der Waals surface area contributed by atoms with Crippen LogP contribution in [0.4, 0.5) is 10.3 Å². The molecule has 26 heavy (non-hydrogen) atoms. The van der Waals surface area contributed by atoms with Gasteiger partial charge in [-0.1, -0.05) is 18.2 Å². The second-order valence-corrected chi connectivity index (χ2v) is 6.74. The number of amides is 1. The highest BCUT2D eigenvalue weighted by Crippen LogP contribution is 2.23. The molecular weight excluding hydrogens is 403 g/mol. The first-order valence-electron chi connectivity index (χ1n) is 8.01. The average Bonchev–Trinajstić information content (AvgIpc) is 3.16. The first-order chi connectivity index (χ1) is 12.4. The molecule has 7 nitrogen and oxygen atoms in total. The number of aryl methyl sites for hydroxylation is 1. The number of aromatic nitrogens is 5. The van der Waals surface area contributed by atoms with E-state index in [9.17, 15) is 9.18 Å². The van der Waals surface area contributed by atoms with Gasteiger partial charge in [0, 0.05) is 5.56 Å². The van der Waals surface area contributed by atoms with Crippen LogP contribution in [0, 0.1) is 19.7 Å². The number of carbonyl (C=O) groups excluding carboxylic acids is 1. The monoisotopic (exact) mass is 420 g/mol. The molecule has 3 rings (SSSR count). The molecule has 0 aliphatic carbocycles. The van der Waals surface area contributed by atoms with Crippen molar-refractivity contribution < 1.29 is 9.18 Å². The Labute approximate surface area is 158 Å². The van der Waals surface area contributed by atoms with Crippen molar-refractivity contribution in [3.05, 3.63) is 57.8 Å². The molecule has 9 heteroatoms. The van der Waals surface area contributed by atoms with Crippen molar-refractivity contribution >= 4 is 27.8 Å². The second kappa shape index (κ2) is 7.36. The summed E-state index contributed by atoms with van der Waals surface area (Å²) in [6, 6.07) is 5.93. The van der Waals surface area contributed by atoms with Crippen LogP contribution < -0.4 is 5.32 Å². The minimum atomic E-state index is -0.529. The van der Waals surface area contributed by atoms with Crippen LogP contribution >= 0.6 is 15.9 Å². The van der Waals surface area contributed by atoms with Crippen molar-refractivity contribution in [2.75, 3.05) is 5.32 Å². The van der Waals surface area contributed by atoms with Crippen LogP contribution in [0.25, 0.3) is 0 Å². The van der Waals surface area contributed by atoms with E-state index in [-0.39, 0.29) is 24.2 Å². The number of hydrogen-bond donors (Lipinski definition) is 1. The quantitative estimate of drug-likeness (QED) is 0.686. The summed E-state index contributed by atoms with van der Waals surface area (Å²) in [5.41, 5.74) is 2.17. The van der Waals surface area contributed by atoms with Crippen LogP contribution in [0.5, 0.6) is 0 Å². The third kappa shape index (κ3) is 3.67. The van der Waals surface area contributed by atoms with Gasteiger partial charge in [-0.05, 0) is 42.8 Å². The van der Waals surface area contributed by atoms with Gasteiger partial charge in [0.2, 0.25) is 5.95 Å². The van der Waals surface area contributed by atoms with E-state index < -0.39 is 6.04 Å². The van der Waals surface area contributed by atoms with E-state index in [0.717, 1.165) is 15.9 Å². The lowest BCUT2D eigenvalue weighted by molar-refractivity contribution is -0.119. The topological polar surface area (TPSA) is 77.6 Å². The number of rotatable bonds is 5. The van der Waals surface area contributed by atoms with Crippen molar-refractivity contribution in [1.29, 1.82) is 0 Å². The Morgan fingerprint density at radius 3 is 2.69 bits per heavy atom. The zero-order valence-corrected chi connectivity index (χ0v) is 16.2. The van der Waals surface area contributed by atoms with Crippen LogP contribution in [-0.2, 0) is 11.3 Å². The maximum absolute atomic E-state index is 13.7. The summed E-state index contributed by atoms with van der Waals surface area (Å²) in [6.07, 6.45) is 1.45. The van der Waals surface area contributed by atoms with Gasteiger partial charge in [-0.3, -0.25) is 14.8 Å². The molecule has 1 aromatic carbocycles. The van der Waals surface area contributed by atoms with Gasteiger partial charge in [0.1, 0.15) is 18.2 Å². The molecule has 0 radical (unpaired) electrons. The Kier molecular flexibility index (Phi) is 5.17. The molecule has 1 atom stereocenters. The lowest BCUT2D eigenvalue weighted by Gasteiger charge is -2.13. The third-order valence-corrected chi connectivity index (χ3v) is 5.19. The summed E-state index contributed by atoms with van der Waals surface area (Å²) in [5.74, 6) is -0.428. The molecule has 136 valence electrons. The van der Waals surface area contributed by atoms with Crippen LogP contribution in [0.1, 0.15) is 29.9 Å². The van der Waals surface area contributed by atoms with Gasteiger partial charge >= 0.3 is 0 Å². The van der Waals surface area contributed by atoms with E-state index in [2.05, 4.69) is 36.4 Å². The van der Waals surface area contributed by atoms with Gasteiger partial charge in [-0.25, -0.2) is 14.1 Å². The SMILES string of the molecule is Cc1nn(C(C)C(=O)Nc2ncn(Cc3ccccc3F)n2)c(C)c1Br. The van der Waals surface area contributed by atoms with Crippen molar-refractivity contribution in [3.63, 3.8) is 0 Å². The van der Waals surface area contributed by atoms with E-state index >= 15 is 0 Å². The number of hydrogen-bond acceptors (Lipinski definition) is 4. The number of benzene rings is 1. The highest BCUT2D eigenvalue weighted by atomic mass is 79.9. The van der Waals surface area contributed by atoms with Crippen LogP contribution in [-0.4, -0.2) is 30.5 Å². The maximum Gasteiger partial charge on any atom is 0.251 e. The Bertz CT molecular complexity index is 951. The number of carbonyl (C=O) groups is 1. The lowest BCUT2D eigenvalue weighted by atomic mass is 10.2. The molecule has 2 aromatic heterocycles. The van der Waals surface area contributed by atoms with Crippen LogP contribution in [0.15, 0.2) is 35.1 Å². The molecule has 0 aliphatic rings. The summed E-state index contributed by atoms with van der Waals surface area (Å²) >= 11 is 3.45. The number of nitrogens with one attached hydrogen (secondary N) is 1. The average molecular weight is 421 g/mol. The molecule has 3 aromatic rings. The zero-order valence-electron chi connectivity index (χ0n) is 14.6. The fraction of sp³-hybridized carbons (Fsp3) is 0.294. The van der Waals surface area contributed by atoms with E-state index in [4.69, 9.17) is 0 Å². The Hall–Kier alpha value is -2.55. The third-order valence-electron chi connectivity index (χ3n) is 4.04. The fourth-order valence-electron chi connectivity index (χ4n) is 2.57. The van der Waals surface area contributed by atoms with Gasteiger partial charge in [-0.2, -0.15) is 5.10 Å². The van der Waals surface area contributed by atoms with E-state index in [1.54, 1.807) is 29.8 Å². The Balaban J connectivity index is 1.69. The molecule has 0 spiro atoms. The van der Waals surface area contributed by atoms with Gasteiger partial charge < -0.3 is 0 Å². The normalized spacial score (nSPS) is 12.2. The molecule has 2 heterocycles. The van der Waals surface area contributed by atoms with Gasteiger partial charge in [0.15, 0.2) is 0 Å². The van der Waals surface area contributed by atoms with Gasteiger partial charge in [-0.15, -0.1) is 5.10 Å². The Morgan fingerprint density at radius 1 is 1.31 bits per heavy atom. The van der Waals surface area contributed by atoms with E-state index in [0.29, 0.717) is 5.56 Å². The van der Waals surface area contributed by atoms with Crippen LogP contribution in [0.3, 0.4) is 0 Å². The van der Waals surface area contributed by atoms with E-state index in [1.165, 1.54) is 17.1 Å². The molecule has 1 amide bonds. The minimum absolute atomic E-state index is 0.166. The molecule has 0 fully saturated rings. The number of halogens is 2. The summed E-state index contributed by atoms with van der Waals surface area (Å²) in [7, 11) is 0. The van der Waals surface area contributed by atoms with E-state index in [1.807, 2.05) is 13.8 Å². The zero-order chi connectivity index (χ0) is 18.8. The molecule has 1 N–H and O–H groups in total. The van der Waals surface area contributed by atoms with Crippen molar-refractivity contribution in [2.45, 2.75) is 33.4 Å². The van der Waals surface area contributed by atoms with Gasteiger partial charge in [0.25, 0.3) is 5.91 Å². The smallest absolute Gasteiger partial charge is 0.251 e. The molecular formula is C17H18BrFN6O. The van der Waals surface area contributed by atoms with Crippen molar-refractivity contribution in [3.8, 4) is 0 Å². The maximum atomic E-state index is 13.7. The highest BCUT2D eigenvalue weighted by Gasteiger charge is 2.21. The second-order valence-electron chi connectivity index (χ2n) is 5.95. The van der Waals surface area contributed by atoms with Gasteiger partial charge in [0.05, 0.1) is 22.4 Å².